The van der Waals surface area contributed by atoms with E-state index in [0.29, 0.717) is 43.4 Å². The zero-order valence-corrected chi connectivity index (χ0v) is 22.6. The van der Waals surface area contributed by atoms with Crippen molar-refractivity contribution in [2.45, 2.75) is 46.0 Å². The van der Waals surface area contributed by atoms with Gasteiger partial charge in [-0.1, -0.05) is 5.16 Å². The molecule has 1 aliphatic heterocycles. The van der Waals surface area contributed by atoms with E-state index in [1.807, 2.05) is 30.7 Å². The fourth-order valence-electron chi connectivity index (χ4n) is 4.77. The summed E-state index contributed by atoms with van der Waals surface area (Å²) in [5, 5.41) is 8.57. The first kappa shape index (κ1) is 28.1. The zero-order valence-electron chi connectivity index (χ0n) is 22.6. The number of aryl methyl sites for hydroxylation is 1. The molecule has 1 saturated heterocycles. The van der Waals surface area contributed by atoms with Crippen molar-refractivity contribution in [2.24, 2.45) is 5.92 Å². The molecule has 41 heavy (non-hydrogen) atoms. The molecule has 4 aromatic rings. The van der Waals surface area contributed by atoms with Gasteiger partial charge in [-0.05, 0) is 87.1 Å². The average molecular weight is 571 g/mol. The number of carbonyl (C=O) groups excluding carboxylic acids is 1. The van der Waals surface area contributed by atoms with E-state index in [-0.39, 0.29) is 23.6 Å². The molecule has 1 fully saturated rings. The molecule has 0 spiro atoms. The number of ether oxygens (including phenoxy) is 2. The summed E-state index contributed by atoms with van der Waals surface area (Å²) in [7, 11) is 0. The van der Waals surface area contributed by atoms with Crippen LogP contribution in [0.4, 0.5) is 18.0 Å². The van der Waals surface area contributed by atoms with Crippen LogP contribution in [0.1, 0.15) is 36.7 Å². The van der Waals surface area contributed by atoms with Crippen LogP contribution in [0.15, 0.2) is 53.2 Å². The number of hydrogen-bond acceptors (Lipinski definition) is 8. The second kappa shape index (κ2) is 12.0. The molecule has 0 bridgehead atoms. The number of hydrogen-bond donors (Lipinski definition) is 0. The van der Waals surface area contributed by atoms with Crippen LogP contribution >= 0.6 is 0 Å². The smallest absolute Gasteiger partial charge is 0.450 e. The largest absolute Gasteiger partial charge is 0.573 e. The van der Waals surface area contributed by atoms with Crippen molar-refractivity contribution in [3.05, 3.63) is 65.6 Å². The van der Waals surface area contributed by atoms with Crippen molar-refractivity contribution >= 4 is 6.09 Å². The van der Waals surface area contributed by atoms with Crippen LogP contribution in [0.25, 0.3) is 23.0 Å². The quantitative estimate of drug-likeness (QED) is 0.267. The number of likely N-dealkylation sites (tertiary alicyclic amines) is 1. The molecule has 0 aliphatic carbocycles. The predicted molar refractivity (Wildman–Crippen MR) is 141 cm³/mol. The summed E-state index contributed by atoms with van der Waals surface area (Å²) in [5.41, 5.74) is 3.89. The van der Waals surface area contributed by atoms with Crippen molar-refractivity contribution in [3.63, 3.8) is 0 Å². The van der Waals surface area contributed by atoms with E-state index < -0.39 is 6.36 Å². The summed E-state index contributed by atoms with van der Waals surface area (Å²) in [4.78, 5) is 22.6. The Morgan fingerprint density at radius 1 is 1.12 bits per heavy atom. The summed E-state index contributed by atoms with van der Waals surface area (Å²) in [6.07, 6.45) is -0.561. The van der Waals surface area contributed by atoms with Crippen LogP contribution in [-0.4, -0.2) is 62.0 Å². The van der Waals surface area contributed by atoms with E-state index in [1.54, 1.807) is 11.1 Å². The SMILES string of the molecule is CCOC(=O)N1CCC(Cc2cc(Cn3nc(-c4nc(-c5ccc(OC(F)(F)F)cc5)no4)cc3C)ccn2)CC1. The number of benzene rings is 1. The van der Waals surface area contributed by atoms with Crippen LogP contribution < -0.4 is 4.74 Å². The molecular formula is C28H29F3N6O4. The van der Waals surface area contributed by atoms with Gasteiger partial charge in [0.1, 0.15) is 5.75 Å². The number of piperidine rings is 1. The van der Waals surface area contributed by atoms with E-state index in [2.05, 4.69) is 31.0 Å². The van der Waals surface area contributed by atoms with Crippen LogP contribution in [0.3, 0.4) is 0 Å². The first-order chi connectivity index (χ1) is 19.7. The molecule has 0 radical (unpaired) electrons. The standard InChI is InChI=1S/C28H29F3N6O4/c1-3-39-27(38)36-12-9-19(10-13-36)15-22-16-20(8-11-32-22)17-37-18(2)14-24(34-37)26-33-25(35-41-26)21-4-6-23(7-5-21)40-28(29,30)31/h4-8,11,14,16,19H,3,9-10,12-13,15,17H2,1-2H3. The fourth-order valence-corrected chi connectivity index (χ4v) is 4.77. The number of alkyl halides is 3. The maximum Gasteiger partial charge on any atom is 0.573 e. The number of aromatic nitrogens is 5. The molecule has 216 valence electrons. The Kier molecular flexibility index (Phi) is 8.22. The highest BCUT2D eigenvalue weighted by Crippen LogP contribution is 2.27. The molecule has 3 aromatic heterocycles. The van der Waals surface area contributed by atoms with Crippen molar-refractivity contribution in [3.8, 4) is 28.7 Å². The number of amides is 1. The number of rotatable bonds is 8. The maximum absolute atomic E-state index is 12.4. The lowest BCUT2D eigenvalue weighted by Gasteiger charge is -2.31. The number of carbonyl (C=O) groups is 1. The van der Waals surface area contributed by atoms with Gasteiger partial charge in [0, 0.05) is 36.2 Å². The van der Waals surface area contributed by atoms with E-state index in [0.717, 1.165) is 36.2 Å². The fraction of sp³-hybridized carbons (Fsp3) is 0.393. The molecule has 13 heteroatoms. The third-order valence-corrected chi connectivity index (χ3v) is 6.82. The van der Waals surface area contributed by atoms with Gasteiger partial charge in [-0.2, -0.15) is 10.1 Å². The molecule has 1 aliphatic rings. The zero-order chi connectivity index (χ0) is 29.0. The lowest BCUT2D eigenvalue weighted by atomic mass is 9.92. The van der Waals surface area contributed by atoms with Gasteiger partial charge >= 0.3 is 12.5 Å². The number of nitrogens with zero attached hydrogens (tertiary/aromatic N) is 6. The van der Waals surface area contributed by atoms with Gasteiger partial charge in [0.2, 0.25) is 5.82 Å². The van der Waals surface area contributed by atoms with Gasteiger partial charge in [-0.15, -0.1) is 13.2 Å². The highest BCUT2D eigenvalue weighted by molar-refractivity contribution is 5.67. The van der Waals surface area contributed by atoms with E-state index >= 15 is 0 Å². The predicted octanol–water partition coefficient (Wildman–Crippen LogP) is 5.66. The topological polar surface area (TPSA) is 108 Å². The first-order valence-corrected chi connectivity index (χ1v) is 13.3. The van der Waals surface area contributed by atoms with Gasteiger partial charge < -0.3 is 18.9 Å². The van der Waals surface area contributed by atoms with Crippen molar-refractivity contribution in [1.29, 1.82) is 0 Å². The average Bonchev–Trinajstić information content (AvgIpc) is 3.56. The third kappa shape index (κ3) is 7.21. The summed E-state index contributed by atoms with van der Waals surface area (Å²) in [6.45, 7) is 6.00. The molecule has 0 unspecified atom stereocenters. The summed E-state index contributed by atoms with van der Waals surface area (Å²) >= 11 is 0. The van der Waals surface area contributed by atoms with Crippen LogP contribution in [0.2, 0.25) is 0 Å². The summed E-state index contributed by atoms with van der Waals surface area (Å²) in [6, 6.07) is 11.1. The maximum atomic E-state index is 12.4. The molecule has 5 rings (SSSR count). The van der Waals surface area contributed by atoms with Gasteiger partial charge in [0.05, 0.1) is 13.2 Å². The normalized spacial score (nSPS) is 14.3. The monoisotopic (exact) mass is 570 g/mol. The molecule has 0 atom stereocenters. The van der Waals surface area contributed by atoms with Gasteiger partial charge in [-0.3, -0.25) is 9.67 Å². The molecular weight excluding hydrogens is 541 g/mol. The van der Waals surface area contributed by atoms with Crippen LogP contribution in [0, 0.1) is 12.8 Å². The minimum atomic E-state index is -4.76. The molecule has 1 amide bonds. The minimum absolute atomic E-state index is 0.196. The molecule has 1 aromatic carbocycles. The second-order valence-corrected chi connectivity index (χ2v) is 9.81. The number of halogens is 3. The Balaban J connectivity index is 1.21. The lowest BCUT2D eigenvalue weighted by molar-refractivity contribution is -0.274. The molecule has 0 saturated carbocycles. The van der Waals surface area contributed by atoms with Crippen LogP contribution in [0.5, 0.6) is 5.75 Å². The van der Waals surface area contributed by atoms with Gasteiger partial charge in [0.15, 0.2) is 5.69 Å². The molecule has 0 N–H and O–H groups in total. The van der Waals surface area contributed by atoms with Crippen molar-refractivity contribution in [1.82, 2.24) is 29.8 Å². The van der Waals surface area contributed by atoms with E-state index in [9.17, 15) is 18.0 Å². The highest BCUT2D eigenvalue weighted by Gasteiger charge is 2.31. The van der Waals surface area contributed by atoms with Gasteiger partial charge in [0.25, 0.3) is 5.89 Å². The lowest BCUT2D eigenvalue weighted by Crippen LogP contribution is -2.39. The second-order valence-electron chi connectivity index (χ2n) is 9.81. The van der Waals surface area contributed by atoms with Crippen molar-refractivity contribution < 1.29 is 32.0 Å². The first-order valence-electron chi connectivity index (χ1n) is 13.3. The Morgan fingerprint density at radius 3 is 2.59 bits per heavy atom. The summed E-state index contributed by atoms with van der Waals surface area (Å²) in [5.74, 6) is 0.527. The van der Waals surface area contributed by atoms with Crippen molar-refractivity contribution in [2.75, 3.05) is 19.7 Å². The highest BCUT2D eigenvalue weighted by atomic mass is 19.4. The third-order valence-electron chi connectivity index (χ3n) is 6.82. The molecule has 10 nitrogen and oxygen atoms in total. The minimum Gasteiger partial charge on any atom is -0.450 e. The molecule has 4 heterocycles. The Labute approximate surface area is 234 Å². The Bertz CT molecular complexity index is 1480. The van der Waals surface area contributed by atoms with Gasteiger partial charge in [-0.25, -0.2) is 4.79 Å². The number of pyridine rings is 1. The van der Waals surface area contributed by atoms with E-state index in [4.69, 9.17) is 9.26 Å². The van der Waals surface area contributed by atoms with Crippen LogP contribution in [-0.2, 0) is 17.7 Å². The Hall–Kier alpha value is -4.42. The Morgan fingerprint density at radius 2 is 1.88 bits per heavy atom. The van der Waals surface area contributed by atoms with E-state index in [1.165, 1.54) is 24.3 Å². The summed E-state index contributed by atoms with van der Waals surface area (Å²) < 4.78 is 53.4.